The summed E-state index contributed by atoms with van der Waals surface area (Å²) in [6.45, 7) is 7.96. The van der Waals surface area contributed by atoms with Crippen LogP contribution in [-0.4, -0.2) is 11.2 Å². The van der Waals surface area contributed by atoms with E-state index >= 15 is 0 Å². The van der Waals surface area contributed by atoms with Crippen molar-refractivity contribution in [1.82, 2.24) is 0 Å². The molecular formula is C23H32NO2+. The van der Waals surface area contributed by atoms with Gasteiger partial charge in [-0.2, -0.15) is 0 Å². The second-order valence-corrected chi connectivity index (χ2v) is 7.07. The highest BCUT2D eigenvalue weighted by Crippen LogP contribution is 2.20. The fourth-order valence-electron chi connectivity index (χ4n) is 3.12. The number of benzene rings is 1. The summed E-state index contributed by atoms with van der Waals surface area (Å²) in [5, 5.41) is 11.6. The first-order chi connectivity index (χ1) is 12.5. The van der Waals surface area contributed by atoms with Crippen LogP contribution in [0.3, 0.4) is 0 Å². The Bertz CT molecular complexity index is 698. The Balaban J connectivity index is 2.03. The van der Waals surface area contributed by atoms with Gasteiger partial charge in [-0.1, -0.05) is 26.0 Å². The van der Waals surface area contributed by atoms with Crippen molar-refractivity contribution in [3.8, 4) is 0 Å². The average molecular weight is 355 g/mol. The first kappa shape index (κ1) is 20.2. The number of aryl methyl sites for hydroxylation is 1. The molecule has 0 radical (unpaired) electrons. The highest BCUT2D eigenvalue weighted by molar-refractivity contribution is 5.34. The molecular weight excluding hydrogens is 322 g/mol. The molecule has 3 N–H and O–H groups in total. The molecule has 1 aliphatic heterocycles. The summed E-state index contributed by atoms with van der Waals surface area (Å²) < 4.78 is 5.52. The predicted octanol–water partition coefficient (Wildman–Crippen LogP) is 3.93. The normalized spacial score (nSPS) is 19.7. The van der Waals surface area contributed by atoms with E-state index in [1.165, 1.54) is 16.7 Å². The van der Waals surface area contributed by atoms with Crippen LogP contribution in [0.1, 0.15) is 50.4 Å². The molecule has 1 heterocycles. The van der Waals surface area contributed by atoms with Crippen LogP contribution < -0.4 is 5.32 Å². The number of quaternary nitrogens is 1. The Morgan fingerprint density at radius 2 is 2.00 bits per heavy atom. The lowest BCUT2D eigenvalue weighted by Gasteiger charge is -2.16. The molecule has 0 spiro atoms. The Morgan fingerprint density at radius 3 is 2.65 bits per heavy atom. The molecule has 1 aromatic carbocycles. The first-order valence-electron chi connectivity index (χ1n) is 9.48. The predicted molar refractivity (Wildman–Crippen MR) is 107 cm³/mol. The topological polar surface area (TPSA) is 46.1 Å². The number of rotatable bonds is 8. The van der Waals surface area contributed by atoms with Gasteiger partial charge in [0.1, 0.15) is 6.04 Å². The SMILES string of the molecule is CCc1cc(CC(C)/C=C/O/C(C)=C\C(C)O)cc(C2C=CC=C[NH2+]2)c1. The summed E-state index contributed by atoms with van der Waals surface area (Å²) in [5.41, 5.74) is 4.11. The summed E-state index contributed by atoms with van der Waals surface area (Å²) in [6, 6.07) is 7.33. The van der Waals surface area contributed by atoms with Crippen LogP contribution in [-0.2, 0) is 17.6 Å². The van der Waals surface area contributed by atoms with Crippen molar-refractivity contribution in [3.05, 3.63) is 83.5 Å². The van der Waals surface area contributed by atoms with Crippen LogP contribution in [0.4, 0.5) is 0 Å². The Labute approximate surface area is 157 Å². The van der Waals surface area contributed by atoms with Gasteiger partial charge in [0.15, 0.2) is 0 Å². The van der Waals surface area contributed by atoms with Crippen molar-refractivity contribution >= 4 is 0 Å². The van der Waals surface area contributed by atoms with Gasteiger partial charge in [0, 0.05) is 5.56 Å². The minimum atomic E-state index is -0.489. The molecule has 0 fully saturated rings. The number of hydrogen-bond donors (Lipinski definition) is 2. The van der Waals surface area contributed by atoms with Crippen molar-refractivity contribution in [3.63, 3.8) is 0 Å². The zero-order chi connectivity index (χ0) is 18.9. The Kier molecular flexibility index (Phi) is 7.89. The maximum atomic E-state index is 9.32. The molecule has 2 rings (SSSR count). The fraction of sp³-hybridized carbons (Fsp3) is 0.391. The molecule has 0 bridgehead atoms. The van der Waals surface area contributed by atoms with E-state index in [0.29, 0.717) is 17.7 Å². The van der Waals surface area contributed by atoms with E-state index in [4.69, 9.17) is 4.74 Å². The van der Waals surface area contributed by atoms with Crippen molar-refractivity contribution in [1.29, 1.82) is 0 Å². The summed E-state index contributed by atoms with van der Waals surface area (Å²) >= 11 is 0. The highest BCUT2D eigenvalue weighted by atomic mass is 16.5. The first-order valence-corrected chi connectivity index (χ1v) is 9.48. The van der Waals surface area contributed by atoms with Gasteiger partial charge in [-0.3, -0.25) is 0 Å². The average Bonchev–Trinajstić information content (AvgIpc) is 2.61. The number of nitrogens with two attached hydrogens (primary N) is 1. The lowest BCUT2D eigenvalue weighted by molar-refractivity contribution is -0.622. The van der Waals surface area contributed by atoms with E-state index in [9.17, 15) is 5.11 Å². The zero-order valence-corrected chi connectivity index (χ0v) is 16.4. The third-order valence-electron chi connectivity index (χ3n) is 4.42. The van der Waals surface area contributed by atoms with E-state index in [-0.39, 0.29) is 0 Å². The van der Waals surface area contributed by atoms with E-state index in [0.717, 1.165) is 12.8 Å². The van der Waals surface area contributed by atoms with Crippen LogP contribution in [0, 0.1) is 5.92 Å². The summed E-state index contributed by atoms with van der Waals surface area (Å²) in [5.74, 6) is 1.09. The van der Waals surface area contributed by atoms with Crippen molar-refractivity contribution < 1.29 is 15.2 Å². The van der Waals surface area contributed by atoms with Crippen LogP contribution in [0.25, 0.3) is 0 Å². The van der Waals surface area contributed by atoms with Gasteiger partial charge in [-0.05, 0) is 80.2 Å². The molecule has 26 heavy (non-hydrogen) atoms. The monoisotopic (exact) mass is 354 g/mol. The molecule has 3 atom stereocenters. The third-order valence-corrected chi connectivity index (χ3v) is 4.42. The lowest BCUT2D eigenvalue weighted by Crippen LogP contribution is -2.79. The van der Waals surface area contributed by atoms with E-state index in [1.54, 1.807) is 19.3 Å². The van der Waals surface area contributed by atoms with Crippen LogP contribution in [0.2, 0.25) is 0 Å². The smallest absolute Gasteiger partial charge is 0.135 e. The van der Waals surface area contributed by atoms with Gasteiger partial charge in [0.25, 0.3) is 0 Å². The maximum Gasteiger partial charge on any atom is 0.135 e. The third kappa shape index (κ3) is 6.66. The molecule has 140 valence electrons. The molecule has 0 saturated carbocycles. The van der Waals surface area contributed by atoms with E-state index < -0.39 is 6.10 Å². The number of allylic oxidation sites excluding steroid dienone is 4. The summed E-state index contributed by atoms with van der Waals surface area (Å²) in [4.78, 5) is 0. The van der Waals surface area contributed by atoms with E-state index in [2.05, 4.69) is 67.9 Å². The van der Waals surface area contributed by atoms with Gasteiger partial charge >= 0.3 is 0 Å². The quantitative estimate of drug-likeness (QED) is 0.695. The second-order valence-electron chi connectivity index (χ2n) is 7.07. The maximum absolute atomic E-state index is 9.32. The molecule has 0 aliphatic carbocycles. The minimum absolute atomic E-state index is 0.368. The van der Waals surface area contributed by atoms with Gasteiger partial charge in [0.2, 0.25) is 0 Å². The number of hydrogen-bond acceptors (Lipinski definition) is 2. The Morgan fingerprint density at radius 1 is 1.23 bits per heavy atom. The highest BCUT2D eigenvalue weighted by Gasteiger charge is 2.14. The standard InChI is InChI=1S/C23H31NO2/c1-5-20-14-21(16-22(15-20)23-8-6-7-10-24-23)12-17(2)9-11-26-19(4)13-18(3)25/h6-11,13-18,23-25H,5,12H2,1-4H3/p+1/b11-9+,19-13-. The van der Waals surface area contributed by atoms with Gasteiger partial charge < -0.3 is 15.2 Å². The number of aliphatic hydroxyl groups is 1. The largest absolute Gasteiger partial charge is 0.470 e. The molecule has 0 aromatic heterocycles. The van der Waals surface area contributed by atoms with E-state index in [1.807, 2.05) is 6.92 Å². The summed E-state index contributed by atoms with van der Waals surface area (Å²) in [7, 11) is 0. The van der Waals surface area contributed by atoms with Crippen LogP contribution >= 0.6 is 0 Å². The molecule has 0 amide bonds. The zero-order valence-electron chi connectivity index (χ0n) is 16.4. The van der Waals surface area contributed by atoms with Crippen molar-refractivity contribution in [2.24, 2.45) is 5.92 Å². The summed E-state index contributed by atoms with van der Waals surface area (Å²) in [6.07, 6.45) is 15.6. The van der Waals surface area contributed by atoms with Crippen LogP contribution in [0.5, 0.6) is 0 Å². The fourth-order valence-corrected chi connectivity index (χ4v) is 3.12. The second kappa shape index (κ2) is 10.1. The number of aliphatic hydroxyl groups excluding tert-OH is 1. The molecule has 3 nitrogen and oxygen atoms in total. The van der Waals surface area contributed by atoms with Gasteiger partial charge in [0.05, 0.1) is 24.3 Å². The van der Waals surface area contributed by atoms with Gasteiger partial charge in [-0.15, -0.1) is 0 Å². The van der Waals surface area contributed by atoms with Crippen LogP contribution in [0.15, 0.2) is 66.8 Å². The molecule has 1 aliphatic rings. The van der Waals surface area contributed by atoms with Crippen molar-refractivity contribution in [2.75, 3.05) is 0 Å². The molecule has 0 saturated heterocycles. The van der Waals surface area contributed by atoms with Gasteiger partial charge in [-0.25, -0.2) is 0 Å². The minimum Gasteiger partial charge on any atom is -0.470 e. The number of ether oxygens (including phenoxy) is 1. The van der Waals surface area contributed by atoms with Crippen molar-refractivity contribution in [2.45, 2.75) is 52.7 Å². The molecule has 1 aromatic rings. The molecule has 3 heteroatoms. The lowest BCUT2D eigenvalue weighted by atomic mass is 9.93. The molecule has 3 unspecified atom stereocenters. The Hall–Kier alpha value is -2.10.